The van der Waals surface area contributed by atoms with Gasteiger partial charge in [0.05, 0.1) is 19.8 Å². The van der Waals surface area contributed by atoms with E-state index in [2.05, 4.69) is 31.0 Å². The highest BCUT2D eigenvalue weighted by atomic mass is 16.5. The molecule has 1 heterocycles. The summed E-state index contributed by atoms with van der Waals surface area (Å²) in [5.41, 5.74) is 0.128. The van der Waals surface area contributed by atoms with Gasteiger partial charge in [0.15, 0.2) is 0 Å². The van der Waals surface area contributed by atoms with Crippen LogP contribution in [0.4, 0.5) is 0 Å². The van der Waals surface area contributed by atoms with Crippen LogP contribution >= 0.6 is 0 Å². The highest BCUT2D eigenvalue weighted by Gasteiger charge is 2.30. The lowest BCUT2D eigenvalue weighted by Crippen LogP contribution is -2.54. The maximum absolute atomic E-state index is 9.31. The van der Waals surface area contributed by atoms with E-state index in [1.807, 2.05) is 0 Å². The topological polar surface area (TPSA) is 44.7 Å². The van der Waals surface area contributed by atoms with Gasteiger partial charge >= 0.3 is 0 Å². The molecule has 1 rings (SSSR count). The number of aliphatic hydroxyl groups excluding tert-OH is 1. The van der Waals surface area contributed by atoms with Crippen molar-refractivity contribution in [2.45, 2.75) is 45.2 Å². The zero-order chi connectivity index (χ0) is 12.7. The summed E-state index contributed by atoms with van der Waals surface area (Å²) in [5.74, 6) is 0. The molecule has 0 radical (unpaired) electrons. The van der Waals surface area contributed by atoms with Gasteiger partial charge in [0.1, 0.15) is 0 Å². The van der Waals surface area contributed by atoms with E-state index in [-0.39, 0.29) is 18.2 Å². The zero-order valence-electron chi connectivity index (χ0n) is 11.5. The second kappa shape index (κ2) is 7.31. The van der Waals surface area contributed by atoms with E-state index in [1.165, 1.54) is 0 Å². The minimum absolute atomic E-state index is 0.128. The standard InChI is InChI=1S/C13H28N2O2/c1-4-6-14-12(10-16)5-7-15-8-9-17-11-13(15,2)3/h12,14,16H,4-11H2,1-3H3. The van der Waals surface area contributed by atoms with Gasteiger partial charge in [-0.2, -0.15) is 0 Å². The molecule has 0 bridgehead atoms. The number of rotatable bonds is 7. The van der Waals surface area contributed by atoms with E-state index < -0.39 is 0 Å². The van der Waals surface area contributed by atoms with Crippen LogP contribution in [0.3, 0.4) is 0 Å². The van der Waals surface area contributed by atoms with Gasteiger partial charge in [0, 0.05) is 24.7 Å². The third-order valence-corrected chi connectivity index (χ3v) is 3.47. The van der Waals surface area contributed by atoms with Crippen LogP contribution in [0, 0.1) is 0 Å². The first kappa shape index (κ1) is 14.9. The van der Waals surface area contributed by atoms with Crippen LogP contribution in [0.15, 0.2) is 0 Å². The number of ether oxygens (including phenoxy) is 1. The average molecular weight is 244 g/mol. The van der Waals surface area contributed by atoms with Crippen molar-refractivity contribution < 1.29 is 9.84 Å². The van der Waals surface area contributed by atoms with Crippen LogP contribution in [-0.2, 0) is 4.74 Å². The van der Waals surface area contributed by atoms with Gasteiger partial charge in [-0.25, -0.2) is 0 Å². The molecule has 0 aliphatic carbocycles. The fourth-order valence-corrected chi connectivity index (χ4v) is 2.22. The molecule has 0 aromatic rings. The van der Waals surface area contributed by atoms with E-state index >= 15 is 0 Å². The van der Waals surface area contributed by atoms with Crippen molar-refractivity contribution in [2.75, 3.05) is 39.5 Å². The summed E-state index contributed by atoms with van der Waals surface area (Å²) in [6.07, 6.45) is 2.11. The molecular weight excluding hydrogens is 216 g/mol. The SMILES string of the molecule is CCCNC(CO)CCN1CCOCC1(C)C. The second-order valence-corrected chi connectivity index (χ2v) is 5.47. The molecule has 1 atom stereocenters. The van der Waals surface area contributed by atoms with E-state index in [4.69, 9.17) is 4.74 Å². The maximum Gasteiger partial charge on any atom is 0.0645 e. The maximum atomic E-state index is 9.31. The van der Waals surface area contributed by atoms with Gasteiger partial charge in [-0.05, 0) is 33.2 Å². The second-order valence-electron chi connectivity index (χ2n) is 5.47. The molecule has 0 aromatic heterocycles. The van der Waals surface area contributed by atoms with E-state index in [0.717, 1.165) is 45.7 Å². The van der Waals surface area contributed by atoms with Crippen molar-refractivity contribution in [2.24, 2.45) is 0 Å². The Balaban J connectivity index is 2.31. The van der Waals surface area contributed by atoms with Gasteiger partial charge in [-0.3, -0.25) is 4.90 Å². The van der Waals surface area contributed by atoms with E-state index in [1.54, 1.807) is 0 Å². The quantitative estimate of drug-likeness (QED) is 0.697. The summed E-state index contributed by atoms with van der Waals surface area (Å²) in [5, 5.41) is 12.7. The van der Waals surface area contributed by atoms with Crippen LogP contribution < -0.4 is 5.32 Å². The number of hydrogen-bond donors (Lipinski definition) is 2. The molecule has 0 amide bonds. The van der Waals surface area contributed by atoms with Crippen LogP contribution in [0.5, 0.6) is 0 Å². The zero-order valence-corrected chi connectivity index (χ0v) is 11.5. The molecule has 102 valence electrons. The molecule has 0 aromatic carbocycles. The average Bonchev–Trinajstić information content (AvgIpc) is 2.30. The Bertz CT molecular complexity index is 210. The summed E-state index contributed by atoms with van der Waals surface area (Å²) in [6, 6.07) is 0.230. The summed E-state index contributed by atoms with van der Waals surface area (Å²) in [4.78, 5) is 2.47. The lowest BCUT2D eigenvalue weighted by molar-refractivity contribution is -0.0525. The lowest BCUT2D eigenvalue weighted by atomic mass is 10.0. The van der Waals surface area contributed by atoms with Crippen LogP contribution in [0.25, 0.3) is 0 Å². The van der Waals surface area contributed by atoms with E-state index in [0.29, 0.717) is 0 Å². The number of nitrogens with one attached hydrogen (secondary N) is 1. The molecule has 1 aliphatic heterocycles. The third kappa shape index (κ3) is 4.92. The number of morpholine rings is 1. The Kier molecular flexibility index (Phi) is 6.41. The van der Waals surface area contributed by atoms with Crippen molar-refractivity contribution in [3.05, 3.63) is 0 Å². The fourth-order valence-electron chi connectivity index (χ4n) is 2.22. The van der Waals surface area contributed by atoms with Crippen molar-refractivity contribution >= 4 is 0 Å². The Morgan fingerprint density at radius 3 is 2.82 bits per heavy atom. The Morgan fingerprint density at radius 2 is 2.24 bits per heavy atom. The number of aliphatic hydroxyl groups is 1. The van der Waals surface area contributed by atoms with Crippen molar-refractivity contribution in [1.29, 1.82) is 0 Å². The molecular formula is C13H28N2O2. The van der Waals surface area contributed by atoms with Gasteiger partial charge in [-0.1, -0.05) is 6.92 Å². The summed E-state index contributed by atoms with van der Waals surface area (Å²) >= 11 is 0. The molecule has 4 nitrogen and oxygen atoms in total. The molecule has 0 saturated carbocycles. The number of nitrogens with zero attached hydrogens (tertiary/aromatic N) is 1. The van der Waals surface area contributed by atoms with Crippen molar-refractivity contribution in [3.63, 3.8) is 0 Å². The van der Waals surface area contributed by atoms with Crippen LogP contribution in [-0.4, -0.2) is 61.0 Å². The largest absolute Gasteiger partial charge is 0.395 e. The van der Waals surface area contributed by atoms with Gasteiger partial charge in [0.2, 0.25) is 0 Å². The Morgan fingerprint density at radius 1 is 1.47 bits per heavy atom. The normalized spacial score (nSPS) is 22.6. The first-order valence-corrected chi connectivity index (χ1v) is 6.77. The van der Waals surface area contributed by atoms with Crippen LogP contribution in [0.2, 0.25) is 0 Å². The van der Waals surface area contributed by atoms with Crippen molar-refractivity contribution in [3.8, 4) is 0 Å². The smallest absolute Gasteiger partial charge is 0.0645 e. The lowest BCUT2D eigenvalue weighted by Gasteiger charge is -2.42. The molecule has 2 N–H and O–H groups in total. The monoisotopic (exact) mass is 244 g/mol. The van der Waals surface area contributed by atoms with E-state index in [9.17, 15) is 5.11 Å². The highest BCUT2D eigenvalue weighted by Crippen LogP contribution is 2.19. The first-order valence-electron chi connectivity index (χ1n) is 6.77. The minimum Gasteiger partial charge on any atom is -0.395 e. The van der Waals surface area contributed by atoms with Crippen molar-refractivity contribution in [1.82, 2.24) is 10.2 Å². The molecule has 1 aliphatic rings. The molecule has 17 heavy (non-hydrogen) atoms. The van der Waals surface area contributed by atoms with Crippen LogP contribution in [0.1, 0.15) is 33.6 Å². The molecule has 0 spiro atoms. The Labute approximate surface area is 105 Å². The molecule has 4 heteroatoms. The summed E-state index contributed by atoms with van der Waals surface area (Å²) < 4.78 is 5.51. The minimum atomic E-state index is 0.128. The molecule has 1 unspecified atom stereocenters. The highest BCUT2D eigenvalue weighted by molar-refractivity contribution is 4.85. The van der Waals surface area contributed by atoms with Gasteiger partial charge in [-0.15, -0.1) is 0 Å². The fraction of sp³-hybridized carbons (Fsp3) is 1.00. The molecule has 1 fully saturated rings. The van der Waals surface area contributed by atoms with Gasteiger partial charge < -0.3 is 15.2 Å². The third-order valence-electron chi connectivity index (χ3n) is 3.47. The first-order chi connectivity index (χ1) is 8.10. The summed E-state index contributed by atoms with van der Waals surface area (Å²) in [6.45, 7) is 11.5. The Hall–Kier alpha value is -0.160. The summed E-state index contributed by atoms with van der Waals surface area (Å²) in [7, 11) is 0. The predicted octanol–water partition coefficient (Wildman–Crippen LogP) is 0.848. The molecule has 1 saturated heterocycles. The predicted molar refractivity (Wildman–Crippen MR) is 70.3 cm³/mol. The van der Waals surface area contributed by atoms with Gasteiger partial charge in [0.25, 0.3) is 0 Å². The number of hydrogen-bond acceptors (Lipinski definition) is 4.